The highest BCUT2D eigenvalue weighted by Gasteiger charge is 2.34. The fourth-order valence-electron chi connectivity index (χ4n) is 2.17. The monoisotopic (exact) mass is 227 g/mol. The summed E-state index contributed by atoms with van der Waals surface area (Å²) in [4.78, 5) is 0. The summed E-state index contributed by atoms with van der Waals surface area (Å²) in [6.45, 7) is 6.60. The number of hydrogen-bond donors (Lipinski definition) is 0. The fourth-order valence-corrected chi connectivity index (χ4v) is 2.52. The van der Waals surface area contributed by atoms with Gasteiger partial charge in [-0.2, -0.15) is 0 Å². The second-order valence-corrected chi connectivity index (χ2v) is 5.34. The van der Waals surface area contributed by atoms with Crippen molar-refractivity contribution in [1.82, 2.24) is 14.8 Å². The third-order valence-electron chi connectivity index (χ3n) is 3.06. The van der Waals surface area contributed by atoms with Gasteiger partial charge in [0.15, 0.2) is 0 Å². The van der Waals surface area contributed by atoms with Crippen LogP contribution in [0.4, 0.5) is 0 Å². The zero-order valence-corrected chi connectivity index (χ0v) is 10.4. The van der Waals surface area contributed by atoms with Crippen LogP contribution in [0.25, 0.3) is 0 Å². The van der Waals surface area contributed by atoms with E-state index in [2.05, 4.69) is 35.5 Å². The third-order valence-corrected chi connectivity index (χ3v) is 3.30. The number of nitrogens with zero attached hydrogens (tertiary/aromatic N) is 3. The van der Waals surface area contributed by atoms with E-state index in [1.165, 1.54) is 12.8 Å². The van der Waals surface area contributed by atoms with Gasteiger partial charge in [0.05, 0.1) is 0 Å². The summed E-state index contributed by atoms with van der Waals surface area (Å²) < 4.78 is 2.12. The molecule has 3 nitrogen and oxygen atoms in total. The standard InChI is InChI=1S/C11H18ClN3/c1-4-7-11(2,3)15-9(8-5-6-8)13-14-10(15)12/h8H,4-7H2,1-3H3. The normalized spacial score (nSPS) is 17.1. The second-order valence-electron chi connectivity index (χ2n) is 5.00. The van der Waals surface area contributed by atoms with Crippen LogP contribution in [-0.4, -0.2) is 14.8 Å². The molecule has 1 aliphatic carbocycles. The molecule has 0 N–H and O–H groups in total. The zero-order valence-electron chi connectivity index (χ0n) is 9.63. The molecule has 15 heavy (non-hydrogen) atoms. The first kappa shape index (κ1) is 10.9. The summed E-state index contributed by atoms with van der Waals surface area (Å²) >= 11 is 6.13. The molecular formula is C11H18ClN3. The minimum Gasteiger partial charge on any atom is -0.296 e. The number of rotatable bonds is 4. The highest BCUT2D eigenvalue weighted by molar-refractivity contribution is 6.28. The van der Waals surface area contributed by atoms with Crippen molar-refractivity contribution in [3.8, 4) is 0 Å². The van der Waals surface area contributed by atoms with Gasteiger partial charge in [-0.1, -0.05) is 13.3 Å². The molecule has 0 unspecified atom stereocenters. The van der Waals surface area contributed by atoms with Crippen LogP contribution in [0, 0.1) is 0 Å². The van der Waals surface area contributed by atoms with Gasteiger partial charge in [0, 0.05) is 11.5 Å². The number of aromatic nitrogens is 3. The molecular weight excluding hydrogens is 210 g/mol. The first-order chi connectivity index (χ1) is 7.06. The van der Waals surface area contributed by atoms with E-state index in [0.717, 1.165) is 18.7 Å². The molecule has 4 heteroatoms. The SMILES string of the molecule is CCCC(C)(C)n1c(Cl)nnc1C1CC1. The van der Waals surface area contributed by atoms with Crippen molar-refractivity contribution in [3.63, 3.8) is 0 Å². The lowest BCUT2D eigenvalue weighted by Crippen LogP contribution is -2.28. The maximum Gasteiger partial charge on any atom is 0.225 e. The number of halogens is 1. The second kappa shape index (κ2) is 3.78. The maximum atomic E-state index is 6.13. The first-order valence-electron chi connectivity index (χ1n) is 5.67. The van der Waals surface area contributed by atoms with Crippen molar-refractivity contribution in [1.29, 1.82) is 0 Å². The maximum absolute atomic E-state index is 6.13. The van der Waals surface area contributed by atoms with E-state index in [-0.39, 0.29) is 5.54 Å². The Labute approximate surface area is 95.8 Å². The predicted molar refractivity (Wildman–Crippen MR) is 61.2 cm³/mol. The van der Waals surface area contributed by atoms with E-state index in [1.807, 2.05) is 0 Å². The molecule has 1 fully saturated rings. The zero-order chi connectivity index (χ0) is 11.1. The van der Waals surface area contributed by atoms with Crippen molar-refractivity contribution in [2.45, 2.75) is 57.9 Å². The average Bonchev–Trinajstić information content (AvgIpc) is 2.89. The van der Waals surface area contributed by atoms with E-state index in [9.17, 15) is 0 Å². The van der Waals surface area contributed by atoms with Gasteiger partial charge in [0.25, 0.3) is 0 Å². The molecule has 0 radical (unpaired) electrons. The molecule has 0 bridgehead atoms. The van der Waals surface area contributed by atoms with Gasteiger partial charge >= 0.3 is 0 Å². The van der Waals surface area contributed by atoms with Crippen molar-refractivity contribution >= 4 is 11.6 Å². The summed E-state index contributed by atoms with van der Waals surface area (Å²) in [7, 11) is 0. The minimum atomic E-state index is 0.0350. The van der Waals surface area contributed by atoms with Crippen molar-refractivity contribution in [2.24, 2.45) is 0 Å². The Hall–Kier alpha value is -0.570. The topological polar surface area (TPSA) is 30.7 Å². The van der Waals surface area contributed by atoms with Crippen molar-refractivity contribution in [2.75, 3.05) is 0 Å². The van der Waals surface area contributed by atoms with Crippen LogP contribution >= 0.6 is 11.6 Å². The number of hydrogen-bond acceptors (Lipinski definition) is 2. The lowest BCUT2D eigenvalue weighted by molar-refractivity contribution is 0.314. The van der Waals surface area contributed by atoms with Crippen molar-refractivity contribution < 1.29 is 0 Å². The minimum absolute atomic E-state index is 0.0350. The molecule has 1 aliphatic rings. The highest BCUT2D eigenvalue weighted by Crippen LogP contribution is 2.42. The van der Waals surface area contributed by atoms with Gasteiger partial charge in [-0.3, -0.25) is 4.57 Å². The lowest BCUT2D eigenvalue weighted by atomic mass is 9.98. The Morgan fingerprint density at radius 2 is 2.07 bits per heavy atom. The van der Waals surface area contributed by atoms with Gasteiger partial charge < -0.3 is 0 Å². The average molecular weight is 228 g/mol. The van der Waals surface area contributed by atoms with Crippen LogP contribution in [0.1, 0.15) is 58.2 Å². The van der Waals surface area contributed by atoms with E-state index >= 15 is 0 Å². The molecule has 0 spiro atoms. The predicted octanol–water partition coefficient (Wildman–Crippen LogP) is 3.34. The van der Waals surface area contributed by atoms with Crippen LogP contribution in [0.5, 0.6) is 0 Å². The summed E-state index contributed by atoms with van der Waals surface area (Å²) in [5.74, 6) is 1.68. The fraction of sp³-hybridized carbons (Fsp3) is 0.818. The Morgan fingerprint density at radius 1 is 1.40 bits per heavy atom. The van der Waals surface area contributed by atoms with Crippen LogP contribution in [0.15, 0.2) is 0 Å². The molecule has 0 atom stereocenters. The molecule has 0 aliphatic heterocycles. The van der Waals surface area contributed by atoms with Crippen LogP contribution in [0.2, 0.25) is 5.28 Å². The third kappa shape index (κ3) is 2.03. The van der Waals surface area contributed by atoms with E-state index in [4.69, 9.17) is 11.6 Å². The molecule has 1 saturated carbocycles. The molecule has 1 heterocycles. The summed E-state index contributed by atoms with van der Waals surface area (Å²) in [6, 6.07) is 0. The first-order valence-corrected chi connectivity index (χ1v) is 6.05. The molecule has 0 aromatic carbocycles. The molecule has 0 saturated heterocycles. The van der Waals surface area contributed by atoms with Gasteiger partial charge in [0.1, 0.15) is 5.82 Å². The van der Waals surface area contributed by atoms with E-state index in [1.54, 1.807) is 0 Å². The summed E-state index contributed by atoms with van der Waals surface area (Å²) in [6.07, 6.45) is 4.71. The largest absolute Gasteiger partial charge is 0.296 e. The molecule has 1 aromatic rings. The van der Waals surface area contributed by atoms with Crippen LogP contribution in [-0.2, 0) is 5.54 Å². The summed E-state index contributed by atoms with van der Waals surface area (Å²) in [5, 5.41) is 8.75. The lowest BCUT2D eigenvalue weighted by Gasteiger charge is -2.28. The van der Waals surface area contributed by atoms with Crippen LogP contribution in [0.3, 0.4) is 0 Å². The van der Waals surface area contributed by atoms with Gasteiger partial charge in [-0.15, -0.1) is 10.2 Å². The molecule has 84 valence electrons. The Kier molecular flexibility index (Phi) is 2.75. The molecule has 2 rings (SSSR count). The Morgan fingerprint density at radius 3 is 2.60 bits per heavy atom. The Balaban J connectivity index is 2.36. The van der Waals surface area contributed by atoms with E-state index < -0.39 is 0 Å². The van der Waals surface area contributed by atoms with Crippen molar-refractivity contribution in [3.05, 3.63) is 11.1 Å². The van der Waals surface area contributed by atoms with Gasteiger partial charge in [0.2, 0.25) is 5.28 Å². The summed E-state index contributed by atoms with van der Waals surface area (Å²) in [5.41, 5.74) is 0.0350. The van der Waals surface area contributed by atoms with Gasteiger partial charge in [-0.25, -0.2) is 0 Å². The smallest absolute Gasteiger partial charge is 0.225 e. The van der Waals surface area contributed by atoms with Gasteiger partial charge in [-0.05, 0) is 44.7 Å². The molecule has 1 aromatic heterocycles. The quantitative estimate of drug-likeness (QED) is 0.790. The molecule has 0 amide bonds. The van der Waals surface area contributed by atoms with Crippen LogP contribution < -0.4 is 0 Å². The Bertz CT molecular complexity index is 353. The highest BCUT2D eigenvalue weighted by atomic mass is 35.5. The van der Waals surface area contributed by atoms with E-state index in [0.29, 0.717) is 11.2 Å².